The summed E-state index contributed by atoms with van der Waals surface area (Å²) in [6.45, 7) is 1.70. The molecule has 2 aromatic rings. The number of rotatable bonds is 6. The molecule has 0 aliphatic heterocycles. The number of benzene rings is 2. The molecule has 1 saturated carbocycles. The van der Waals surface area contributed by atoms with Gasteiger partial charge in [0.25, 0.3) is 0 Å². The molecule has 5 nitrogen and oxygen atoms in total. The molecule has 0 saturated heterocycles. The summed E-state index contributed by atoms with van der Waals surface area (Å²) >= 11 is 17.9. The molecule has 144 valence electrons. The summed E-state index contributed by atoms with van der Waals surface area (Å²) in [6.07, 6.45) is 1.86. The molecule has 1 aliphatic rings. The van der Waals surface area contributed by atoms with Gasteiger partial charge >= 0.3 is 0 Å². The first-order valence-electron chi connectivity index (χ1n) is 8.25. The first kappa shape index (κ1) is 20.4. The Bertz CT molecular complexity index is 951. The molecule has 2 N–H and O–H groups in total. The van der Waals surface area contributed by atoms with Crippen LogP contribution in [0.2, 0.25) is 15.1 Å². The van der Waals surface area contributed by atoms with Gasteiger partial charge in [0, 0.05) is 22.7 Å². The van der Waals surface area contributed by atoms with Crippen molar-refractivity contribution in [1.29, 1.82) is 0 Å². The van der Waals surface area contributed by atoms with Crippen LogP contribution in [0.5, 0.6) is 0 Å². The number of sulfonamides is 1. The normalized spacial score (nSPS) is 15.4. The van der Waals surface area contributed by atoms with E-state index in [2.05, 4.69) is 10.0 Å². The molecule has 0 heterocycles. The maximum Gasteiger partial charge on any atom is 0.244 e. The van der Waals surface area contributed by atoms with Crippen molar-refractivity contribution in [2.45, 2.75) is 30.7 Å². The van der Waals surface area contributed by atoms with Crippen LogP contribution in [-0.2, 0) is 14.8 Å². The van der Waals surface area contributed by atoms with Gasteiger partial charge in [0.15, 0.2) is 0 Å². The number of halogens is 3. The van der Waals surface area contributed by atoms with E-state index in [1.807, 2.05) is 0 Å². The van der Waals surface area contributed by atoms with Crippen molar-refractivity contribution in [3.63, 3.8) is 0 Å². The standard InChI is InChI=1S/C18H17Cl3N2O3S/c1-10(11-4-6-14(7-5-11)22-18(24)12-2-3-12)23-27(25,26)17-15(20)8-13(19)9-16(17)21/h4-10,12,23H,2-3H2,1H3,(H,22,24). The minimum absolute atomic E-state index is 0.0172. The lowest BCUT2D eigenvalue weighted by Gasteiger charge is -2.17. The van der Waals surface area contributed by atoms with Crippen LogP contribution in [0.15, 0.2) is 41.3 Å². The molecule has 3 rings (SSSR count). The SMILES string of the molecule is CC(NS(=O)(=O)c1c(Cl)cc(Cl)cc1Cl)c1ccc(NC(=O)C2CC2)cc1. The number of hydrogen-bond acceptors (Lipinski definition) is 3. The van der Waals surface area contributed by atoms with Gasteiger partial charge in [-0.15, -0.1) is 0 Å². The smallest absolute Gasteiger partial charge is 0.244 e. The monoisotopic (exact) mass is 446 g/mol. The van der Waals surface area contributed by atoms with Crippen molar-refractivity contribution in [1.82, 2.24) is 4.72 Å². The van der Waals surface area contributed by atoms with Crippen molar-refractivity contribution >= 4 is 56.4 Å². The van der Waals surface area contributed by atoms with Crippen molar-refractivity contribution in [2.75, 3.05) is 5.32 Å². The zero-order chi connectivity index (χ0) is 19.8. The zero-order valence-corrected chi connectivity index (χ0v) is 17.4. The number of hydrogen-bond donors (Lipinski definition) is 2. The highest BCUT2D eigenvalue weighted by Crippen LogP contribution is 2.33. The van der Waals surface area contributed by atoms with E-state index >= 15 is 0 Å². The summed E-state index contributed by atoms with van der Waals surface area (Å²) in [5.41, 5.74) is 1.40. The minimum atomic E-state index is -3.96. The Balaban J connectivity index is 1.74. The zero-order valence-electron chi connectivity index (χ0n) is 14.3. The van der Waals surface area contributed by atoms with Crippen molar-refractivity contribution < 1.29 is 13.2 Å². The Morgan fingerprint density at radius 1 is 1.07 bits per heavy atom. The van der Waals surface area contributed by atoms with E-state index in [1.165, 1.54) is 12.1 Å². The molecule has 1 amide bonds. The van der Waals surface area contributed by atoms with E-state index in [-0.39, 0.29) is 31.8 Å². The van der Waals surface area contributed by atoms with E-state index in [1.54, 1.807) is 31.2 Å². The van der Waals surface area contributed by atoms with Crippen LogP contribution in [0.25, 0.3) is 0 Å². The Labute approximate surface area is 173 Å². The average Bonchev–Trinajstić information content (AvgIpc) is 3.38. The number of nitrogens with one attached hydrogen (secondary N) is 2. The fraction of sp³-hybridized carbons (Fsp3) is 0.278. The quantitative estimate of drug-likeness (QED) is 0.652. The third-order valence-electron chi connectivity index (χ3n) is 4.19. The molecule has 0 bridgehead atoms. The van der Waals surface area contributed by atoms with Crippen molar-refractivity contribution in [3.05, 3.63) is 57.0 Å². The number of carbonyl (C=O) groups is 1. The largest absolute Gasteiger partial charge is 0.326 e. The molecule has 0 aromatic heterocycles. The van der Waals surface area contributed by atoms with E-state index in [0.717, 1.165) is 18.4 Å². The van der Waals surface area contributed by atoms with Gasteiger partial charge < -0.3 is 5.32 Å². The van der Waals surface area contributed by atoms with Gasteiger partial charge in [0.05, 0.1) is 10.0 Å². The van der Waals surface area contributed by atoms with E-state index < -0.39 is 16.1 Å². The Morgan fingerprint density at radius 2 is 1.63 bits per heavy atom. The number of amides is 1. The van der Waals surface area contributed by atoms with Crippen molar-refractivity contribution in [3.8, 4) is 0 Å². The highest BCUT2D eigenvalue weighted by Gasteiger charge is 2.29. The maximum absolute atomic E-state index is 12.7. The Hall–Kier alpha value is -1.31. The lowest BCUT2D eigenvalue weighted by Crippen LogP contribution is -2.27. The van der Waals surface area contributed by atoms with Crippen LogP contribution in [0.1, 0.15) is 31.4 Å². The second-order valence-electron chi connectivity index (χ2n) is 6.43. The van der Waals surface area contributed by atoms with Crippen LogP contribution < -0.4 is 10.0 Å². The highest BCUT2D eigenvalue weighted by atomic mass is 35.5. The second-order valence-corrected chi connectivity index (χ2v) is 9.33. The minimum Gasteiger partial charge on any atom is -0.326 e. The van der Waals surface area contributed by atoms with E-state index in [4.69, 9.17) is 34.8 Å². The van der Waals surface area contributed by atoms with Gasteiger partial charge in [-0.05, 0) is 49.6 Å². The molecule has 0 radical (unpaired) electrons. The topological polar surface area (TPSA) is 75.3 Å². The average molecular weight is 448 g/mol. The highest BCUT2D eigenvalue weighted by molar-refractivity contribution is 7.89. The van der Waals surface area contributed by atoms with Gasteiger partial charge in [0.2, 0.25) is 15.9 Å². The van der Waals surface area contributed by atoms with Gasteiger partial charge in [-0.25, -0.2) is 13.1 Å². The number of anilines is 1. The van der Waals surface area contributed by atoms with Gasteiger partial charge in [0.1, 0.15) is 4.90 Å². The van der Waals surface area contributed by atoms with Crippen LogP contribution in [0, 0.1) is 5.92 Å². The predicted molar refractivity (Wildman–Crippen MR) is 108 cm³/mol. The maximum atomic E-state index is 12.7. The van der Waals surface area contributed by atoms with Crippen LogP contribution in [0.3, 0.4) is 0 Å². The molecule has 1 unspecified atom stereocenters. The summed E-state index contributed by atoms with van der Waals surface area (Å²) in [5.74, 6) is 0.132. The van der Waals surface area contributed by atoms with Crippen LogP contribution in [0.4, 0.5) is 5.69 Å². The molecule has 9 heteroatoms. The lowest BCUT2D eigenvalue weighted by atomic mass is 10.1. The van der Waals surface area contributed by atoms with Crippen LogP contribution >= 0.6 is 34.8 Å². The first-order chi connectivity index (χ1) is 12.7. The molecular weight excluding hydrogens is 431 g/mol. The Kier molecular flexibility index (Phi) is 6.03. The number of carbonyl (C=O) groups excluding carboxylic acids is 1. The molecule has 1 fully saturated rings. The summed E-state index contributed by atoms with van der Waals surface area (Å²) in [6, 6.07) is 9.09. The molecule has 1 aliphatic carbocycles. The third kappa shape index (κ3) is 4.95. The van der Waals surface area contributed by atoms with E-state index in [9.17, 15) is 13.2 Å². The lowest BCUT2D eigenvalue weighted by molar-refractivity contribution is -0.117. The first-order valence-corrected chi connectivity index (χ1v) is 10.9. The predicted octanol–water partition coefficient (Wildman–Crippen LogP) is 5.03. The van der Waals surface area contributed by atoms with Gasteiger partial charge in [-0.1, -0.05) is 46.9 Å². The fourth-order valence-corrected chi connectivity index (χ4v) is 5.37. The summed E-state index contributed by atoms with van der Waals surface area (Å²) in [4.78, 5) is 11.6. The van der Waals surface area contributed by atoms with Gasteiger partial charge in [-0.2, -0.15) is 0 Å². The fourth-order valence-electron chi connectivity index (χ4n) is 2.59. The van der Waals surface area contributed by atoms with Crippen LogP contribution in [-0.4, -0.2) is 14.3 Å². The van der Waals surface area contributed by atoms with Gasteiger partial charge in [-0.3, -0.25) is 4.79 Å². The summed E-state index contributed by atoms with van der Waals surface area (Å²) in [7, 11) is -3.96. The van der Waals surface area contributed by atoms with E-state index in [0.29, 0.717) is 5.69 Å². The summed E-state index contributed by atoms with van der Waals surface area (Å²) in [5, 5.41) is 2.99. The molecule has 2 aromatic carbocycles. The molecule has 0 spiro atoms. The third-order valence-corrected chi connectivity index (χ3v) is 6.87. The molecule has 1 atom stereocenters. The Morgan fingerprint density at radius 3 is 2.15 bits per heavy atom. The molecular formula is C18H17Cl3N2O3S. The molecule has 27 heavy (non-hydrogen) atoms. The second kappa shape index (κ2) is 7.97. The van der Waals surface area contributed by atoms with Crippen molar-refractivity contribution in [2.24, 2.45) is 5.92 Å². The summed E-state index contributed by atoms with van der Waals surface area (Å²) < 4.78 is 27.9.